The lowest BCUT2D eigenvalue weighted by Gasteiger charge is -2.09. The van der Waals surface area contributed by atoms with Gasteiger partial charge in [0.15, 0.2) is 5.78 Å². The average molecular weight is 255 g/mol. The first-order chi connectivity index (χ1) is 9.09. The van der Waals surface area contributed by atoms with Crippen molar-refractivity contribution in [3.05, 3.63) is 71.3 Å². The van der Waals surface area contributed by atoms with Crippen molar-refractivity contribution in [1.29, 1.82) is 0 Å². The lowest BCUT2D eigenvalue weighted by Crippen LogP contribution is -2.22. The van der Waals surface area contributed by atoms with E-state index < -0.39 is 5.91 Å². The summed E-state index contributed by atoms with van der Waals surface area (Å²) < 4.78 is 0. The molecule has 0 heterocycles. The molecule has 2 aromatic carbocycles. The highest BCUT2D eigenvalue weighted by molar-refractivity contribution is 6.10. The van der Waals surface area contributed by atoms with E-state index in [-0.39, 0.29) is 11.3 Å². The molecule has 4 heteroatoms. The van der Waals surface area contributed by atoms with Crippen LogP contribution in [0, 0.1) is 0 Å². The monoisotopic (exact) mass is 255 g/mol. The van der Waals surface area contributed by atoms with Gasteiger partial charge in [0.1, 0.15) is 0 Å². The van der Waals surface area contributed by atoms with E-state index >= 15 is 0 Å². The number of amides is 1. The van der Waals surface area contributed by atoms with Crippen molar-refractivity contribution in [2.45, 2.75) is 0 Å². The first kappa shape index (κ1) is 13.0. The molecule has 0 radical (unpaired) electrons. The predicted molar refractivity (Wildman–Crippen MR) is 70.2 cm³/mol. The van der Waals surface area contributed by atoms with E-state index in [2.05, 4.69) is 0 Å². The molecule has 0 saturated carbocycles. The van der Waals surface area contributed by atoms with Gasteiger partial charge >= 0.3 is 0 Å². The molecule has 0 aliphatic heterocycles. The van der Waals surface area contributed by atoms with E-state index in [0.717, 1.165) is 0 Å². The third-order valence-electron chi connectivity index (χ3n) is 2.70. The Balaban J connectivity index is 2.34. The van der Waals surface area contributed by atoms with Gasteiger partial charge in [-0.1, -0.05) is 42.5 Å². The standard InChI is InChI=1S/C15H13NO3/c1-16(19)15(18)13-9-5-8-12(10-13)14(17)11-6-3-2-4-7-11/h2-10,19H,1H3. The second-order valence-electron chi connectivity index (χ2n) is 4.10. The Kier molecular flexibility index (Phi) is 3.73. The van der Waals surface area contributed by atoms with Crippen molar-refractivity contribution in [3.8, 4) is 0 Å². The number of benzene rings is 2. The molecule has 96 valence electrons. The van der Waals surface area contributed by atoms with Gasteiger partial charge in [-0.05, 0) is 12.1 Å². The zero-order valence-electron chi connectivity index (χ0n) is 10.4. The summed E-state index contributed by atoms with van der Waals surface area (Å²) in [6.45, 7) is 0. The molecule has 0 saturated heterocycles. The lowest BCUT2D eigenvalue weighted by atomic mass is 10.0. The second kappa shape index (κ2) is 5.46. The van der Waals surface area contributed by atoms with Crippen LogP contribution in [0.3, 0.4) is 0 Å². The summed E-state index contributed by atoms with van der Waals surface area (Å²) in [4.78, 5) is 23.8. The molecule has 2 rings (SSSR count). The van der Waals surface area contributed by atoms with Crippen LogP contribution < -0.4 is 0 Å². The van der Waals surface area contributed by atoms with Crippen molar-refractivity contribution < 1.29 is 14.8 Å². The molecule has 0 atom stereocenters. The minimum atomic E-state index is -0.553. The van der Waals surface area contributed by atoms with Gasteiger partial charge in [-0.25, -0.2) is 5.06 Å². The molecule has 1 amide bonds. The fraction of sp³-hybridized carbons (Fsp3) is 0.0667. The summed E-state index contributed by atoms with van der Waals surface area (Å²) in [6, 6.07) is 15.1. The number of carbonyl (C=O) groups is 2. The highest BCUT2D eigenvalue weighted by Gasteiger charge is 2.13. The number of carbonyl (C=O) groups excluding carboxylic acids is 2. The predicted octanol–water partition coefficient (Wildman–Crippen LogP) is 2.38. The Morgan fingerprint density at radius 1 is 0.895 bits per heavy atom. The molecule has 2 aromatic rings. The van der Waals surface area contributed by atoms with Crippen LogP contribution in [0.25, 0.3) is 0 Å². The van der Waals surface area contributed by atoms with Crippen LogP contribution in [0.1, 0.15) is 26.3 Å². The van der Waals surface area contributed by atoms with Gasteiger partial charge in [-0.2, -0.15) is 0 Å². The van der Waals surface area contributed by atoms with Gasteiger partial charge < -0.3 is 0 Å². The quantitative estimate of drug-likeness (QED) is 0.520. The molecular formula is C15H13NO3. The normalized spacial score (nSPS) is 10.0. The molecule has 4 nitrogen and oxygen atoms in total. The van der Waals surface area contributed by atoms with E-state index in [4.69, 9.17) is 5.21 Å². The van der Waals surface area contributed by atoms with Crippen LogP contribution in [0.5, 0.6) is 0 Å². The summed E-state index contributed by atoms with van der Waals surface area (Å²) in [7, 11) is 1.24. The summed E-state index contributed by atoms with van der Waals surface area (Å²) >= 11 is 0. The summed E-state index contributed by atoms with van der Waals surface area (Å²) in [5.74, 6) is -0.710. The molecule has 0 aromatic heterocycles. The van der Waals surface area contributed by atoms with Gasteiger partial charge in [0, 0.05) is 23.7 Å². The first-order valence-corrected chi connectivity index (χ1v) is 5.76. The Morgan fingerprint density at radius 2 is 1.47 bits per heavy atom. The Hall–Kier alpha value is -2.46. The first-order valence-electron chi connectivity index (χ1n) is 5.76. The zero-order chi connectivity index (χ0) is 13.8. The molecule has 0 unspecified atom stereocenters. The number of hydroxylamine groups is 2. The van der Waals surface area contributed by atoms with Gasteiger partial charge in [-0.3, -0.25) is 14.8 Å². The lowest BCUT2D eigenvalue weighted by molar-refractivity contribution is -0.0374. The van der Waals surface area contributed by atoms with Crippen LogP contribution >= 0.6 is 0 Å². The number of hydrogen-bond donors (Lipinski definition) is 1. The average Bonchev–Trinajstić information content (AvgIpc) is 2.46. The Labute approximate surface area is 110 Å². The molecule has 0 bridgehead atoms. The topological polar surface area (TPSA) is 57.6 Å². The van der Waals surface area contributed by atoms with Gasteiger partial charge in [0.25, 0.3) is 5.91 Å². The van der Waals surface area contributed by atoms with Crippen molar-refractivity contribution in [2.75, 3.05) is 7.05 Å². The smallest absolute Gasteiger partial charge is 0.276 e. The minimum Gasteiger partial charge on any atom is -0.289 e. The van der Waals surface area contributed by atoms with Crippen LogP contribution in [0.15, 0.2) is 54.6 Å². The van der Waals surface area contributed by atoms with E-state index in [0.29, 0.717) is 16.2 Å². The highest BCUT2D eigenvalue weighted by Crippen LogP contribution is 2.12. The number of ketones is 1. The minimum absolute atomic E-state index is 0.157. The molecule has 0 spiro atoms. The van der Waals surface area contributed by atoms with Crippen molar-refractivity contribution >= 4 is 11.7 Å². The fourth-order valence-corrected chi connectivity index (χ4v) is 1.74. The van der Waals surface area contributed by atoms with Crippen molar-refractivity contribution in [2.24, 2.45) is 0 Å². The fourth-order valence-electron chi connectivity index (χ4n) is 1.74. The maximum atomic E-state index is 12.2. The van der Waals surface area contributed by atoms with E-state index in [1.54, 1.807) is 42.5 Å². The SMILES string of the molecule is CN(O)C(=O)c1cccc(C(=O)c2ccccc2)c1. The maximum absolute atomic E-state index is 12.2. The number of hydrogen-bond acceptors (Lipinski definition) is 3. The molecular weight excluding hydrogens is 242 g/mol. The third kappa shape index (κ3) is 2.86. The number of rotatable bonds is 3. The molecule has 19 heavy (non-hydrogen) atoms. The van der Waals surface area contributed by atoms with Crippen LogP contribution in [-0.4, -0.2) is 29.0 Å². The van der Waals surface area contributed by atoms with E-state index in [1.807, 2.05) is 6.07 Å². The largest absolute Gasteiger partial charge is 0.289 e. The third-order valence-corrected chi connectivity index (χ3v) is 2.70. The van der Waals surface area contributed by atoms with Crippen molar-refractivity contribution in [3.63, 3.8) is 0 Å². The second-order valence-corrected chi connectivity index (χ2v) is 4.10. The van der Waals surface area contributed by atoms with Gasteiger partial charge in [0.2, 0.25) is 0 Å². The maximum Gasteiger partial charge on any atom is 0.276 e. The molecule has 1 N–H and O–H groups in total. The van der Waals surface area contributed by atoms with Crippen molar-refractivity contribution in [1.82, 2.24) is 5.06 Å². The summed E-state index contributed by atoms with van der Waals surface area (Å²) in [5, 5.41) is 9.61. The van der Waals surface area contributed by atoms with Gasteiger partial charge in [-0.15, -0.1) is 0 Å². The summed E-state index contributed by atoms with van der Waals surface area (Å²) in [5.41, 5.74) is 1.25. The van der Waals surface area contributed by atoms with Crippen LogP contribution in [0.2, 0.25) is 0 Å². The van der Waals surface area contributed by atoms with E-state index in [9.17, 15) is 9.59 Å². The number of nitrogens with zero attached hydrogens (tertiary/aromatic N) is 1. The molecule has 0 aliphatic carbocycles. The van der Waals surface area contributed by atoms with Crippen LogP contribution in [-0.2, 0) is 0 Å². The summed E-state index contributed by atoms with van der Waals surface area (Å²) in [6.07, 6.45) is 0. The highest BCUT2D eigenvalue weighted by atomic mass is 16.5. The Bertz CT molecular complexity index is 606. The zero-order valence-corrected chi connectivity index (χ0v) is 10.4. The van der Waals surface area contributed by atoms with Crippen LogP contribution in [0.4, 0.5) is 0 Å². The Morgan fingerprint density at radius 3 is 2.11 bits per heavy atom. The molecule has 0 fully saturated rings. The van der Waals surface area contributed by atoms with Gasteiger partial charge in [0.05, 0.1) is 0 Å². The molecule has 0 aliphatic rings. The van der Waals surface area contributed by atoms with E-state index in [1.165, 1.54) is 13.1 Å².